The minimum absolute atomic E-state index is 0.00933. The van der Waals surface area contributed by atoms with Gasteiger partial charge >= 0.3 is 5.97 Å². The average molecular weight is 277 g/mol. The van der Waals surface area contributed by atoms with E-state index in [0.29, 0.717) is 6.54 Å². The second-order valence-corrected chi connectivity index (χ2v) is 7.42. The van der Waals surface area contributed by atoms with Gasteiger partial charge in [-0.15, -0.1) is 0 Å². The Labute approximate surface area is 122 Å². The highest BCUT2D eigenvalue weighted by molar-refractivity contribution is 5.69. The van der Waals surface area contributed by atoms with Crippen LogP contribution in [0.15, 0.2) is 18.2 Å². The van der Waals surface area contributed by atoms with Crippen LogP contribution in [0.2, 0.25) is 0 Å². The summed E-state index contributed by atoms with van der Waals surface area (Å²) in [7, 11) is 0. The minimum atomic E-state index is -0.826. The molecule has 0 aliphatic rings. The van der Waals surface area contributed by atoms with Crippen molar-refractivity contribution in [3.05, 3.63) is 34.9 Å². The summed E-state index contributed by atoms with van der Waals surface area (Å²) in [6.45, 7) is 13.8. The molecule has 3 nitrogen and oxygen atoms in total. The summed E-state index contributed by atoms with van der Waals surface area (Å²) in [6.07, 6.45) is 0. The molecule has 0 aromatic heterocycles. The molecule has 1 aromatic carbocycles. The van der Waals surface area contributed by atoms with E-state index in [1.807, 2.05) is 0 Å². The lowest BCUT2D eigenvalue weighted by Crippen LogP contribution is -2.23. The largest absolute Gasteiger partial charge is 0.480 e. The molecule has 0 aliphatic carbocycles. The van der Waals surface area contributed by atoms with Crippen LogP contribution in [-0.4, -0.2) is 17.6 Å². The molecule has 0 aliphatic heterocycles. The summed E-state index contributed by atoms with van der Waals surface area (Å²) in [6, 6.07) is 6.61. The number of rotatable bonds is 4. The van der Waals surface area contributed by atoms with Crippen molar-refractivity contribution in [2.45, 2.75) is 58.9 Å². The zero-order chi connectivity index (χ0) is 15.6. The molecule has 20 heavy (non-hydrogen) atoms. The zero-order valence-electron chi connectivity index (χ0n) is 13.5. The third kappa shape index (κ3) is 4.97. The standard InChI is InChI=1S/C17H27NO2/c1-16(2,3)13-7-12(10-18-11-15(19)20)8-14(9-13)17(4,5)6/h7-9,18H,10-11H2,1-6H3,(H,19,20). The van der Waals surface area contributed by atoms with Crippen LogP contribution in [0.5, 0.6) is 0 Å². The smallest absolute Gasteiger partial charge is 0.317 e. The van der Waals surface area contributed by atoms with Gasteiger partial charge in [-0.25, -0.2) is 0 Å². The Balaban J connectivity index is 3.08. The highest BCUT2D eigenvalue weighted by Crippen LogP contribution is 2.30. The predicted octanol–water partition coefficient (Wildman–Crippen LogP) is 3.46. The number of carbonyl (C=O) groups is 1. The van der Waals surface area contributed by atoms with Gasteiger partial charge in [0.25, 0.3) is 0 Å². The Kier molecular flexibility index (Phi) is 4.98. The van der Waals surface area contributed by atoms with Gasteiger partial charge in [0.15, 0.2) is 0 Å². The Morgan fingerprint density at radius 2 is 1.45 bits per heavy atom. The SMILES string of the molecule is CC(C)(C)c1cc(CNCC(=O)O)cc(C(C)(C)C)c1. The van der Waals surface area contributed by atoms with Crippen molar-refractivity contribution in [2.75, 3.05) is 6.54 Å². The second-order valence-electron chi connectivity index (χ2n) is 7.42. The number of carboxylic acid groups (broad SMARTS) is 1. The van der Waals surface area contributed by atoms with E-state index in [1.54, 1.807) is 0 Å². The summed E-state index contributed by atoms with van der Waals surface area (Å²) in [5.41, 5.74) is 3.89. The first-order valence-corrected chi connectivity index (χ1v) is 7.07. The highest BCUT2D eigenvalue weighted by Gasteiger charge is 2.20. The normalized spacial score (nSPS) is 12.5. The molecule has 0 radical (unpaired) electrons. The van der Waals surface area contributed by atoms with Crippen LogP contribution in [0.25, 0.3) is 0 Å². The lowest BCUT2D eigenvalue weighted by atomic mass is 9.79. The van der Waals surface area contributed by atoms with E-state index in [1.165, 1.54) is 11.1 Å². The summed E-state index contributed by atoms with van der Waals surface area (Å²) < 4.78 is 0. The lowest BCUT2D eigenvalue weighted by Gasteiger charge is -2.26. The maximum Gasteiger partial charge on any atom is 0.317 e. The summed E-state index contributed by atoms with van der Waals surface area (Å²) in [5.74, 6) is -0.826. The van der Waals surface area contributed by atoms with E-state index in [9.17, 15) is 4.79 Å². The van der Waals surface area contributed by atoms with E-state index >= 15 is 0 Å². The molecule has 112 valence electrons. The summed E-state index contributed by atoms with van der Waals surface area (Å²) >= 11 is 0. The van der Waals surface area contributed by atoms with Crippen molar-refractivity contribution in [1.29, 1.82) is 0 Å². The van der Waals surface area contributed by atoms with Gasteiger partial charge in [0.2, 0.25) is 0 Å². The molecule has 0 fully saturated rings. The van der Waals surface area contributed by atoms with Crippen LogP contribution in [0, 0.1) is 0 Å². The van der Waals surface area contributed by atoms with Crippen molar-refractivity contribution >= 4 is 5.97 Å². The van der Waals surface area contributed by atoms with E-state index in [0.717, 1.165) is 5.56 Å². The molecule has 3 heteroatoms. The van der Waals surface area contributed by atoms with E-state index < -0.39 is 5.97 Å². The lowest BCUT2D eigenvalue weighted by molar-refractivity contribution is -0.135. The Morgan fingerprint density at radius 1 is 1.00 bits per heavy atom. The molecule has 0 amide bonds. The van der Waals surface area contributed by atoms with Crippen molar-refractivity contribution in [3.63, 3.8) is 0 Å². The van der Waals surface area contributed by atoms with Gasteiger partial charge in [0, 0.05) is 6.54 Å². The van der Waals surface area contributed by atoms with Crippen LogP contribution in [0.3, 0.4) is 0 Å². The first kappa shape index (κ1) is 16.7. The van der Waals surface area contributed by atoms with Gasteiger partial charge in [0.1, 0.15) is 0 Å². The monoisotopic (exact) mass is 277 g/mol. The van der Waals surface area contributed by atoms with Gasteiger partial charge in [-0.2, -0.15) is 0 Å². The number of hydrogen-bond acceptors (Lipinski definition) is 2. The van der Waals surface area contributed by atoms with Crippen LogP contribution in [-0.2, 0) is 22.2 Å². The predicted molar refractivity (Wildman–Crippen MR) is 83.2 cm³/mol. The fourth-order valence-corrected chi connectivity index (χ4v) is 1.97. The molecule has 0 unspecified atom stereocenters. The van der Waals surface area contributed by atoms with Gasteiger partial charge in [-0.3, -0.25) is 4.79 Å². The summed E-state index contributed by atoms with van der Waals surface area (Å²) in [5, 5.41) is 11.7. The number of hydrogen-bond donors (Lipinski definition) is 2. The van der Waals surface area contributed by atoms with Crippen LogP contribution in [0.1, 0.15) is 58.2 Å². The van der Waals surface area contributed by atoms with E-state index in [4.69, 9.17) is 5.11 Å². The molecule has 0 spiro atoms. The first-order chi connectivity index (χ1) is 9.00. The second kappa shape index (κ2) is 5.96. The van der Waals surface area contributed by atoms with Crippen molar-refractivity contribution in [1.82, 2.24) is 5.32 Å². The fraction of sp³-hybridized carbons (Fsp3) is 0.588. The van der Waals surface area contributed by atoms with Gasteiger partial charge in [-0.1, -0.05) is 59.7 Å². The average Bonchev–Trinajstić information content (AvgIpc) is 2.25. The molecular weight excluding hydrogens is 250 g/mol. The number of carboxylic acids is 1. The van der Waals surface area contributed by atoms with Gasteiger partial charge < -0.3 is 10.4 Å². The minimum Gasteiger partial charge on any atom is -0.480 e. The Bertz CT molecular complexity index is 446. The molecular formula is C17H27NO2. The number of nitrogens with one attached hydrogen (secondary N) is 1. The maximum atomic E-state index is 10.6. The van der Waals surface area contributed by atoms with Crippen LogP contribution < -0.4 is 5.32 Å². The van der Waals surface area contributed by atoms with E-state index in [-0.39, 0.29) is 17.4 Å². The molecule has 0 bridgehead atoms. The number of benzene rings is 1. The molecule has 0 saturated carbocycles. The zero-order valence-corrected chi connectivity index (χ0v) is 13.5. The molecule has 0 atom stereocenters. The van der Waals surface area contributed by atoms with Crippen molar-refractivity contribution < 1.29 is 9.90 Å². The number of aliphatic carboxylic acids is 1. The Morgan fingerprint density at radius 3 is 1.80 bits per heavy atom. The van der Waals surface area contributed by atoms with Crippen LogP contribution >= 0.6 is 0 Å². The molecule has 0 saturated heterocycles. The molecule has 1 rings (SSSR count). The van der Waals surface area contributed by atoms with Gasteiger partial charge in [0.05, 0.1) is 6.54 Å². The summed E-state index contributed by atoms with van der Waals surface area (Å²) in [4.78, 5) is 10.6. The van der Waals surface area contributed by atoms with E-state index in [2.05, 4.69) is 65.1 Å². The fourth-order valence-electron chi connectivity index (χ4n) is 1.97. The molecule has 1 aromatic rings. The Hall–Kier alpha value is -1.35. The third-order valence-electron chi connectivity index (χ3n) is 3.33. The van der Waals surface area contributed by atoms with Crippen molar-refractivity contribution in [2.24, 2.45) is 0 Å². The van der Waals surface area contributed by atoms with Crippen LogP contribution in [0.4, 0.5) is 0 Å². The maximum absolute atomic E-state index is 10.6. The quantitative estimate of drug-likeness (QED) is 0.886. The highest BCUT2D eigenvalue weighted by atomic mass is 16.4. The van der Waals surface area contributed by atoms with Gasteiger partial charge in [-0.05, 0) is 27.5 Å². The first-order valence-electron chi connectivity index (χ1n) is 7.07. The third-order valence-corrected chi connectivity index (χ3v) is 3.33. The molecule has 0 heterocycles. The molecule has 2 N–H and O–H groups in total. The topological polar surface area (TPSA) is 49.3 Å². The van der Waals surface area contributed by atoms with Crippen molar-refractivity contribution in [3.8, 4) is 0 Å².